The maximum Gasteiger partial charge on any atom is 0.254 e. The van der Waals surface area contributed by atoms with Gasteiger partial charge in [-0.25, -0.2) is 4.68 Å². The van der Waals surface area contributed by atoms with Crippen LogP contribution in [0.15, 0.2) is 28.9 Å². The average molecular weight is 295 g/mol. The molecular formula is C11H11BrN4O. The lowest BCUT2D eigenvalue weighted by Crippen LogP contribution is -2.11. The Morgan fingerprint density at radius 1 is 1.47 bits per heavy atom. The van der Waals surface area contributed by atoms with Gasteiger partial charge in [0.2, 0.25) is 0 Å². The molecule has 0 unspecified atom stereocenters. The van der Waals surface area contributed by atoms with E-state index in [0.29, 0.717) is 0 Å². The van der Waals surface area contributed by atoms with Gasteiger partial charge in [0.15, 0.2) is 5.82 Å². The van der Waals surface area contributed by atoms with E-state index in [0.717, 1.165) is 15.7 Å². The zero-order valence-corrected chi connectivity index (χ0v) is 10.7. The number of benzene rings is 1. The first-order chi connectivity index (χ1) is 7.99. The van der Waals surface area contributed by atoms with Crippen molar-refractivity contribution in [2.24, 2.45) is 5.73 Å². The Morgan fingerprint density at radius 3 is 2.71 bits per heavy atom. The molecule has 0 fully saturated rings. The summed E-state index contributed by atoms with van der Waals surface area (Å²) in [6, 6.07) is 5.73. The van der Waals surface area contributed by atoms with Gasteiger partial charge in [0, 0.05) is 10.7 Å². The molecule has 1 aromatic carbocycles. The minimum Gasteiger partial charge on any atom is -0.382 e. The van der Waals surface area contributed by atoms with E-state index in [1.54, 1.807) is 4.68 Å². The Bertz CT molecular complexity index is 591. The third-order valence-electron chi connectivity index (χ3n) is 2.41. The smallest absolute Gasteiger partial charge is 0.254 e. The lowest BCUT2D eigenvalue weighted by Gasteiger charge is -2.05. The van der Waals surface area contributed by atoms with Crippen LogP contribution in [0.2, 0.25) is 0 Å². The third-order valence-corrected chi connectivity index (χ3v) is 2.91. The SMILES string of the molecule is Cc1cc(Br)ccc1-n1cc(C(N)=O)c(N)n1. The number of anilines is 1. The zero-order valence-electron chi connectivity index (χ0n) is 9.14. The predicted octanol–water partition coefficient (Wildman–Crippen LogP) is 1.62. The van der Waals surface area contributed by atoms with Crippen molar-refractivity contribution in [2.75, 3.05) is 5.73 Å². The summed E-state index contributed by atoms with van der Waals surface area (Å²) in [6.45, 7) is 1.95. The number of hydrogen-bond acceptors (Lipinski definition) is 3. The van der Waals surface area contributed by atoms with Gasteiger partial charge in [-0.1, -0.05) is 15.9 Å². The van der Waals surface area contributed by atoms with Gasteiger partial charge in [-0.05, 0) is 30.7 Å². The van der Waals surface area contributed by atoms with E-state index in [1.807, 2.05) is 25.1 Å². The second-order valence-electron chi connectivity index (χ2n) is 3.67. The van der Waals surface area contributed by atoms with Crippen LogP contribution in [-0.4, -0.2) is 15.7 Å². The molecule has 5 nitrogen and oxygen atoms in total. The van der Waals surface area contributed by atoms with Crippen LogP contribution in [0.1, 0.15) is 15.9 Å². The number of nitrogens with zero attached hydrogens (tertiary/aromatic N) is 2. The van der Waals surface area contributed by atoms with Crippen molar-refractivity contribution in [3.8, 4) is 5.69 Å². The molecule has 0 spiro atoms. The first-order valence-corrected chi connectivity index (χ1v) is 5.70. The van der Waals surface area contributed by atoms with Crippen molar-refractivity contribution in [3.63, 3.8) is 0 Å². The van der Waals surface area contributed by atoms with Gasteiger partial charge in [0.25, 0.3) is 5.91 Å². The van der Waals surface area contributed by atoms with Gasteiger partial charge in [-0.2, -0.15) is 0 Å². The molecule has 0 radical (unpaired) electrons. The van der Waals surface area contributed by atoms with Gasteiger partial charge < -0.3 is 11.5 Å². The molecule has 0 saturated carbocycles. The molecule has 0 atom stereocenters. The van der Waals surface area contributed by atoms with Crippen molar-refractivity contribution in [1.29, 1.82) is 0 Å². The number of hydrogen-bond donors (Lipinski definition) is 2. The Hall–Kier alpha value is -1.82. The molecule has 1 amide bonds. The molecule has 1 aromatic heterocycles. The van der Waals surface area contributed by atoms with Crippen molar-refractivity contribution >= 4 is 27.7 Å². The van der Waals surface area contributed by atoms with Crippen molar-refractivity contribution in [3.05, 3.63) is 40.0 Å². The minimum atomic E-state index is -0.580. The fourth-order valence-corrected chi connectivity index (χ4v) is 2.05. The number of amides is 1. The van der Waals surface area contributed by atoms with Crippen molar-refractivity contribution in [1.82, 2.24) is 9.78 Å². The fraction of sp³-hybridized carbons (Fsp3) is 0.0909. The van der Waals surface area contributed by atoms with Gasteiger partial charge in [-0.15, -0.1) is 5.10 Å². The highest BCUT2D eigenvalue weighted by Gasteiger charge is 2.12. The summed E-state index contributed by atoms with van der Waals surface area (Å²) in [5.41, 5.74) is 12.9. The number of halogens is 1. The summed E-state index contributed by atoms with van der Waals surface area (Å²) in [6.07, 6.45) is 1.54. The van der Waals surface area contributed by atoms with E-state index in [1.165, 1.54) is 6.20 Å². The zero-order chi connectivity index (χ0) is 12.6. The van der Waals surface area contributed by atoms with E-state index >= 15 is 0 Å². The molecule has 0 aliphatic carbocycles. The summed E-state index contributed by atoms with van der Waals surface area (Å²) >= 11 is 3.38. The Kier molecular flexibility index (Phi) is 2.89. The number of primary amides is 1. The van der Waals surface area contributed by atoms with Crippen LogP contribution in [0, 0.1) is 6.92 Å². The summed E-state index contributed by atoms with van der Waals surface area (Å²) < 4.78 is 2.53. The molecule has 0 bridgehead atoms. The molecule has 2 aromatic rings. The number of aromatic nitrogens is 2. The number of aryl methyl sites for hydroxylation is 1. The summed E-state index contributed by atoms with van der Waals surface area (Å²) in [7, 11) is 0. The first kappa shape index (κ1) is 11.7. The molecule has 17 heavy (non-hydrogen) atoms. The fourth-order valence-electron chi connectivity index (χ4n) is 1.58. The molecular weight excluding hydrogens is 284 g/mol. The van der Waals surface area contributed by atoms with Gasteiger partial charge >= 0.3 is 0 Å². The molecule has 6 heteroatoms. The molecule has 2 rings (SSSR count). The van der Waals surface area contributed by atoms with E-state index in [-0.39, 0.29) is 11.4 Å². The van der Waals surface area contributed by atoms with Gasteiger partial charge in [0.05, 0.1) is 5.69 Å². The largest absolute Gasteiger partial charge is 0.382 e. The lowest BCUT2D eigenvalue weighted by atomic mass is 10.2. The maximum absolute atomic E-state index is 11.1. The number of nitrogen functional groups attached to an aromatic ring is 1. The van der Waals surface area contributed by atoms with E-state index in [9.17, 15) is 4.79 Å². The summed E-state index contributed by atoms with van der Waals surface area (Å²) in [5, 5.41) is 4.07. The normalized spacial score (nSPS) is 10.5. The van der Waals surface area contributed by atoms with Crippen LogP contribution in [-0.2, 0) is 0 Å². The van der Waals surface area contributed by atoms with Crippen LogP contribution in [0.25, 0.3) is 5.69 Å². The molecule has 0 aliphatic heterocycles. The summed E-state index contributed by atoms with van der Waals surface area (Å²) in [4.78, 5) is 11.1. The average Bonchev–Trinajstić information content (AvgIpc) is 2.60. The highest BCUT2D eigenvalue weighted by molar-refractivity contribution is 9.10. The second-order valence-corrected chi connectivity index (χ2v) is 4.58. The quantitative estimate of drug-likeness (QED) is 0.882. The first-order valence-electron chi connectivity index (χ1n) is 4.90. The van der Waals surface area contributed by atoms with Crippen LogP contribution in [0.5, 0.6) is 0 Å². The van der Waals surface area contributed by atoms with Crippen LogP contribution in [0.4, 0.5) is 5.82 Å². The lowest BCUT2D eigenvalue weighted by molar-refractivity contribution is 0.100. The number of carbonyl (C=O) groups is 1. The third kappa shape index (κ3) is 2.16. The van der Waals surface area contributed by atoms with E-state index < -0.39 is 5.91 Å². The maximum atomic E-state index is 11.1. The molecule has 1 heterocycles. The van der Waals surface area contributed by atoms with E-state index in [4.69, 9.17) is 11.5 Å². The number of carbonyl (C=O) groups excluding carboxylic acids is 1. The van der Waals surface area contributed by atoms with Crippen LogP contribution >= 0.6 is 15.9 Å². The molecule has 0 aliphatic rings. The van der Waals surface area contributed by atoms with E-state index in [2.05, 4.69) is 21.0 Å². The molecule has 88 valence electrons. The van der Waals surface area contributed by atoms with Gasteiger partial charge in [0.1, 0.15) is 5.56 Å². The number of rotatable bonds is 2. The van der Waals surface area contributed by atoms with Crippen LogP contribution < -0.4 is 11.5 Å². The standard InChI is InChI=1S/C11H11BrN4O/c1-6-4-7(12)2-3-9(6)16-5-8(11(14)17)10(13)15-16/h2-5H,1H3,(H2,13,15)(H2,14,17). The Morgan fingerprint density at radius 2 is 2.18 bits per heavy atom. The highest BCUT2D eigenvalue weighted by atomic mass is 79.9. The second kappa shape index (κ2) is 4.21. The predicted molar refractivity (Wildman–Crippen MR) is 68.9 cm³/mol. The van der Waals surface area contributed by atoms with Crippen LogP contribution in [0.3, 0.4) is 0 Å². The van der Waals surface area contributed by atoms with Gasteiger partial charge in [-0.3, -0.25) is 4.79 Å². The molecule has 0 saturated heterocycles. The van der Waals surface area contributed by atoms with Crippen molar-refractivity contribution in [2.45, 2.75) is 6.92 Å². The number of nitrogens with two attached hydrogens (primary N) is 2. The Labute approximate surface area is 107 Å². The van der Waals surface area contributed by atoms with Crippen molar-refractivity contribution < 1.29 is 4.79 Å². The minimum absolute atomic E-state index is 0.139. The highest BCUT2D eigenvalue weighted by Crippen LogP contribution is 2.20. The topological polar surface area (TPSA) is 86.9 Å². The Balaban J connectivity index is 2.53. The molecule has 4 N–H and O–H groups in total. The summed E-state index contributed by atoms with van der Waals surface area (Å²) in [5.74, 6) is -0.441. The monoisotopic (exact) mass is 294 g/mol.